The van der Waals surface area contributed by atoms with Gasteiger partial charge in [-0.2, -0.15) is 0 Å². The number of hydrogen-bond donors (Lipinski definition) is 0. The molecule has 2 aliphatic heterocycles. The van der Waals surface area contributed by atoms with E-state index in [0.29, 0.717) is 25.3 Å². The molecule has 0 radical (unpaired) electrons. The van der Waals surface area contributed by atoms with Crippen LogP contribution in [0.5, 0.6) is 11.5 Å². The van der Waals surface area contributed by atoms with Crippen molar-refractivity contribution in [1.29, 1.82) is 0 Å². The average molecular weight is 366 g/mol. The van der Waals surface area contributed by atoms with E-state index in [1.54, 1.807) is 9.80 Å². The second kappa shape index (κ2) is 7.31. The number of carbonyl (C=O) groups excluding carboxylic acids is 2. The number of ether oxygens (including phenoxy) is 2. The van der Waals surface area contributed by atoms with Gasteiger partial charge < -0.3 is 19.3 Å². The molecule has 2 amide bonds. The van der Waals surface area contributed by atoms with Gasteiger partial charge in [-0.05, 0) is 42.7 Å². The van der Waals surface area contributed by atoms with Crippen molar-refractivity contribution in [2.45, 2.75) is 32.4 Å². The molecular weight excluding hydrogens is 344 g/mol. The maximum Gasteiger partial charge on any atom is 0.250 e. The van der Waals surface area contributed by atoms with Crippen molar-refractivity contribution in [2.75, 3.05) is 18.2 Å². The molecule has 6 heteroatoms. The first-order chi connectivity index (χ1) is 13.1. The zero-order valence-electron chi connectivity index (χ0n) is 15.3. The number of amides is 2. The van der Waals surface area contributed by atoms with Gasteiger partial charge in [-0.25, -0.2) is 0 Å². The number of anilines is 1. The first-order valence-electron chi connectivity index (χ1n) is 9.15. The van der Waals surface area contributed by atoms with Gasteiger partial charge in [0.2, 0.25) is 18.6 Å². The fourth-order valence-corrected chi connectivity index (χ4v) is 3.71. The van der Waals surface area contributed by atoms with Gasteiger partial charge in [0.1, 0.15) is 6.04 Å². The Labute approximate surface area is 158 Å². The van der Waals surface area contributed by atoms with Crippen molar-refractivity contribution in [1.82, 2.24) is 4.90 Å². The topological polar surface area (TPSA) is 59.1 Å². The van der Waals surface area contributed by atoms with E-state index < -0.39 is 6.04 Å². The first kappa shape index (κ1) is 17.4. The smallest absolute Gasteiger partial charge is 0.250 e. The molecular formula is C21H22N2O4. The SMILES string of the molecule is CC(=O)N1CCC[C@@H]1C(=O)N(Cc1ccc2c(c1)OCO2)c1ccccc1. The molecule has 1 saturated heterocycles. The summed E-state index contributed by atoms with van der Waals surface area (Å²) in [7, 11) is 0. The minimum Gasteiger partial charge on any atom is -0.454 e. The summed E-state index contributed by atoms with van der Waals surface area (Å²) in [5, 5.41) is 0. The Morgan fingerprint density at radius 2 is 1.89 bits per heavy atom. The predicted molar refractivity (Wildman–Crippen MR) is 101 cm³/mol. The van der Waals surface area contributed by atoms with Gasteiger partial charge in [0, 0.05) is 19.2 Å². The Kier molecular flexibility index (Phi) is 4.71. The molecule has 2 heterocycles. The van der Waals surface area contributed by atoms with Gasteiger partial charge >= 0.3 is 0 Å². The highest BCUT2D eigenvalue weighted by Gasteiger charge is 2.35. The Bertz CT molecular complexity index is 853. The van der Waals surface area contributed by atoms with E-state index in [2.05, 4.69) is 0 Å². The second-order valence-corrected chi connectivity index (χ2v) is 6.82. The van der Waals surface area contributed by atoms with E-state index >= 15 is 0 Å². The van der Waals surface area contributed by atoms with Crippen molar-refractivity contribution in [3.63, 3.8) is 0 Å². The highest BCUT2D eigenvalue weighted by molar-refractivity contribution is 5.99. The lowest BCUT2D eigenvalue weighted by Gasteiger charge is -2.30. The third-order valence-corrected chi connectivity index (χ3v) is 5.05. The lowest BCUT2D eigenvalue weighted by molar-refractivity contribution is -0.135. The summed E-state index contributed by atoms with van der Waals surface area (Å²) in [6, 6.07) is 14.9. The number of hydrogen-bond acceptors (Lipinski definition) is 4. The third-order valence-electron chi connectivity index (χ3n) is 5.05. The molecule has 6 nitrogen and oxygen atoms in total. The summed E-state index contributed by atoms with van der Waals surface area (Å²) in [6.45, 7) is 2.78. The molecule has 2 aliphatic rings. The molecule has 1 fully saturated rings. The Morgan fingerprint density at radius 1 is 1.11 bits per heavy atom. The molecule has 1 atom stereocenters. The molecule has 2 aromatic carbocycles. The molecule has 0 unspecified atom stereocenters. The second-order valence-electron chi connectivity index (χ2n) is 6.82. The number of rotatable bonds is 4. The van der Waals surface area contributed by atoms with Crippen molar-refractivity contribution in [3.05, 3.63) is 54.1 Å². The quantitative estimate of drug-likeness (QED) is 0.835. The van der Waals surface area contributed by atoms with Crippen molar-refractivity contribution < 1.29 is 19.1 Å². The van der Waals surface area contributed by atoms with Crippen LogP contribution in [0.15, 0.2) is 48.5 Å². The minimum absolute atomic E-state index is 0.0495. The van der Waals surface area contributed by atoms with E-state index in [1.165, 1.54) is 6.92 Å². The summed E-state index contributed by atoms with van der Waals surface area (Å²) >= 11 is 0. The molecule has 0 N–H and O–H groups in total. The first-order valence-corrected chi connectivity index (χ1v) is 9.15. The van der Waals surface area contributed by atoms with Crippen LogP contribution in [0.3, 0.4) is 0 Å². The third kappa shape index (κ3) is 3.47. The number of nitrogens with zero attached hydrogens (tertiary/aromatic N) is 2. The summed E-state index contributed by atoms with van der Waals surface area (Å²) < 4.78 is 10.8. The van der Waals surface area contributed by atoms with Crippen molar-refractivity contribution in [3.8, 4) is 11.5 Å². The van der Waals surface area contributed by atoms with Crippen molar-refractivity contribution >= 4 is 17.5 Å². The molecule has 2 aromatic rings. The van der Waals surface area contributed by atoms with Gasteiger partial charge in [0.25, 0.3) is 0 Å². The highest BCUT2D eigenvalue weighted by Crippen LogP contribution is 2.33. The maximum absolute atomic E-state index is 13.4. The van der Waals surface area contributed by atoms with Crippen LogP contribution in [0, 0.1) is 0 Å². The number of carbonyl (C=O) groups is 2. The molecule has 0 spiro atoms. The van der Waals surface area contributed by atoms with Crippen LogP contribution in [0.4, 0.5) is 5.69 Å². The monoisotopic (exact) mass is 366 g/mol. The molecule has 0 bridgehead atoms. The van der Waals surface area contributed by atoms with E-state index in [0.717, 1.165) is 23.4 Å². The standard InChI is InChI=1S/C21H22N2O4/c1-15(24)22-11-5-8-18(22)21(25)23(17-6-3-2-4-7-17)13-16-9-10-19-20(12-16)27-14-26-19/h2-4,6-7,9-10,12,18H,5,8,11,13-14H2,1H3/t18-/m1/s1. The zero-order valence-corrected chi connectivity index (χ0v) is 15.3. The zero-order chi connectivity index (χ0) is 18.8. The molecule has 0 aliphatic carbocycles. The number of para-hydroxylation sites is 1. The summed E-state index contributed by atoms with van der Waals surface area (Å²) in [5.74, 6) is 1.31. The van der Waals surface area contributed by atoms with Gasteiger partial charge in [0.05, 0.1) is 6.54 Å². The van der Waals surface area contributed by atoms with E-state index in [-0.39, 0.29) is 18.6 Å². The van der Waals surface area contributed by atoms with Crippen LogP contribution in [-0.2, 0) is 16.1 Å². The lowest BCUT2D eigenvalue weighted by Crippen LogP contribution is -2.47. The summed E-state index contributed by atoms with van der Waals surface area (Å²) in [6.07, 6.45) is 1.55. The highest BCUT2D eigenvalue weighted by atomic mass is 16.7. The van der Waals surface area contributed by atoms with Gasteiger partial charge in [-0.15, -0.1) is 0 Å². The molecule has 0 saturated carbocycles. The average Bonchev–Trinajstić information content (AvgIpc) is 3.35. The predicted octanol–water partition coefficient (Wildman–Crippen LogP) is 2.96. The van der Waals surface area contributed by atoms with Crippen LogP contribution >= 0.6 is 0 Å². The Hall–Kier alpha value is -3.02. The molecule has 140 valence electrons. The fourth-order valence-electron chi connectivity index (χ4n) is 3.71. The number of benzene rings is 2. The van der Waals surface area contributed by atoms with E-state index in [1.807, 2.05) is 48.5 Å². The molecule has 0 aromatic heterocycles. The lowest BCUT2D eigenvalue weighted by atomic mass is 10.1. The minimum atomic E-state index is -0.406. The van der Waals surface area contributed by atoms with Crippen LogP contribution in [0.25, 0.3) is 0 Å². The number of fused-ring (bicyclic) bond motifs is 1. The van der Waals surface area contributed by atoms with Gasteiger partial charge in [0.15, 0.2) is 11.5 Å². The maximum atomic E-state index is 13.4. The molecule has 27 heavy (non-hydrogen) atoms. The van der Waals surface area contributed by atoms with Crippen LogP contribution in [0.1, 0.15) is 25.3 Å². The Morgan fingerprint density at radius 3 is 2.67 bits per heavy atom. The van der Waals surface area contributed by atoms with Crippen molar-refractivity contribution in [2.24, 2.45) is 0 Å². The van der Waals surface area contributed by atoms with Crippen LogP contribution in [-0.4, -0.2) is 36.1 Å². The van der Waals surface area contributed by atoms with Gasteiger partial charge in [-0.1, -0.05) is 24.3 Å². The summed E-state index contributed by atoms with van der Waals surface area (Å²) in [5.41, 5.74) is 1.76. The number of likely N-dealkylation sites (tertiary alicyclic amines) is 1. The summed E-state index contributed by atoms with van der Waals surface area (Å²) in [4.78, 5) is 28.7. The van der Waals surface area contributed by atoms with Crippen LogP contribution < -0.4 is 14.4 Å². The largest absolute Gasteiger partial charge is 0.454 e. The van der Waals surface area contributed by atoms with E-state index in [9.17, 15) is 9.59 Å². The van der Waals surface area contributed by atoms with Gasteiger partial charge in [-0.3, -0.25) is 9.59 Å². The normalized spacial score (nSPS) is 17.8. The molecule has 4 rings (SSSR count). The Balaban J connectivity index is 1.63. The fraction of sp³-hybridized carbons (Fsp3) is 0.333. The van der Waals surface area contributed by atoms with Crippen LogP contribution in [0.2, 0.25) is 0 Å². The van der Waals surface area contributed by atoms with E-state index in [4.69, 9.17) is 9.47 Å².